The second-order valence-electron chi connectivity index (χ2n) is 9.83. The molecule has 8 heteroatoms. The predicted octanol–water partition coefficient (Wildman–Crippen LogP) is 5.24. The zero-order valence-corrected chi connectivity index (χ0v) is 21.8. The first kappa shape index (κ1) is 24.7. The van der Waals surface area contributed by atoms with Gasteiger partial charge in [0.05, 0.1) is 11.8 Å². The Kier molecular flexibility index (Phi) is 6.75. The van der Waals surface area contributed by atoms with Crippen LogP contribution in [0.15, 0.2) is 102 Å². The van der Waals surface area contributed by atoms with Gasteiger partial charge in [-0.1, -0.05) is 42.5 Å². The Labute approximate surface area is 227 Å². The van der Waals surface area contributed by atoms with Crippen molar-refractivity contribution in [3.8, 4) is 5.75 Å². The molecule has 4 aromatic rings. The molecule has 3 aromatic carbocycles. The van der Waals surface area contributed by atoms with Gasteiger partial charge >= 0.3 is 0 Å². The van der Waals surface area contributed by atoms with Gasteiger partial charge in [0.25, 0.3) is 5.91 Å². The Morgan fingerprint density at radius 1 is 0.949 bits per heavy atom. The fraction of sp³-hybridized carbons (Fsp3) is 0.226. The van der Waals surface area contributed by atoms with Crippen molar-refractivity contribution in [2.75, 3.05) is 36.4 Å². The fourth-order valence-corrected chi connectivity index (χ4v) is 5.27. The van der Waals surface area contributed by atoms with Crippen LogP contribution >= 0.6 is 0 Å². The number of carbonyl (C=O) groups is 1. The van der Waals surface area contributed by atoms with Gasteiger partial charge in [0, 0.05) is 43.6 Å². The molecule has 1 aromatic heterocycles. The maximum absolute atomic E-state index is 14.0. The van der Waals surface area contributed by atoms with Crippen molar-refractivity contribution in [2.24, 2.45) is 0 Å². The summed E-state index contributed by atoms with van der Waals surface area (Å²) in [7, 11) is 0. The summed E-state index contributed by atoms with van der Waals surface area (Å²) in [5.41, 5.74) is 4.53. The molecule has 3 heterocycles. The number of hydrogen-bond acceptors (Lipinski definition) is 5. The number of carbonyl (C=O) groups excluding carboxylic acids is 1. The summed E-state index contributed by atoms with van der Waals surface area (Å²) >= 11 is 0. The molecule has 2 aliphatic heterocycles. The molecule has 39 heavy (non-hydrogen) atoms. The minimum Gasteiger partial charge on any atom is -0.489 e. The van der Waals surface area contributed by atoms with Crippen LogP contribution in [0.3, 0.4) is 0 Å². The Morgan fingerprint density at radius 2 is 1.67 bits per heavy atom. The molecule has 0 spiro atoms. The molecule has 0 bridgehead atoms. The summed E-state index contributed by atoms with van der Waals surface area (Å²) in [4.78, 5) is 18.1. The number of hydrogen-bond donors (Lipinski definition) is 1. The third-order valence-electron chi connectivity index (χ3n) is 7.34. The number of rotatable bonds is 6. The number of allylic oxidation sites excluding steroid dienone is 1. The summed E-state index contributed by atoms with van der Waals surface area (Å²) in [6.45, 7) is 4.97. The second-order valence-corrected chi connectivity index (χ2v) is 9.83. The van der Waals surface area contributed by atoms with Crippen molar-refractivity contribution in [1.82, 2.24) is 14.7 Å². The van der Waals surface area contributed by atoms with E-state index >= 15 is 0 Å². The van der Waals surface area contributed by atoms with E-state index in [1.807, 2.05) is 77.2 Å². The van der Waals surface area contributed by atoms with E-state index in [4.69, 9.17) is 4.74 Å². The van der Waals surface area contributed by atoms with E-state index in [-0.39, 0.29) is 17.8 Å². The number of nitrogens with one attached hydrogen (secondary N) is 1. The van der Waals surface area contributed by atoms with Crippen molar-refractivity contribution < 1.29 is 13.9 Å². The standard InChI is InChI=1S/C31H30FN5O2/c1-22-29(31(38)36-19-17-35(18-20-36)26-11-9-25(32)10-12-26)30(37-28(34-22)15-16-33-37)24-7-13-27(14-8-24)39-21-23-5-3-2-4-6-23/h2-16,30,34H,17-21H2,1H3. The van der Waals surface area contributed by atoms with Gasteiger partial charge in [-0.2, -0.15) is 5.10 Å². The molecule has 1 fully saturated rings. The van der Waals surface area contributed by atoms with Crippen LogP contribution < -0.4 is 15.0 Å². The van der Waals surface area contributed by atoms with Gasteiger partial charge in [-0.15, -0.1) is 0 Å². The van der Waals surface area contributed by atoms with E-state index in [2.05, 4.69) is 15.3 Å². The maximum Gasteiger partial charge on any atom is 0.254 e. The van der Waals surface area contributed by atoms with Crippen LogP contribution in [0.1, 0.15) is 24.1 Å². The van der Waals surface area contributed by atoms with E-state index in [0.29, 0.717) is 38.4 Å². The van der Waals surface area contributed by atoms with E-state index in [9.17, 15) is 9.18 Å². The van der Waals surface area contributed by atoms with Crippen molar-refractivity contribution >= 4 is 17.4 Å². The highest BCUT2D eigenvalue weighted by molar-refractivity contribution is 5.97. The number of aromatic nitrogens is 2. The topological polar surface area (TPSA) is 62.6 Å². The monoisotopic (exact) mass is 523 g/mol. The number of anilines is 2. The van der Waals surface area contributed by atoms with Crippen LogP contribution in [-0.4, -0.2) is 46.8 Å². The van der Waals surface area contributed by atoms with Gasteiger partial charge in [0.15, 0.2) is 0 Å². The highest BCUT2D eigenvalue weighted by Gasteiger charge is 2.35. The first-order chi connectivity index (χ1) is 19.1. The van der Waals surface area contributed by atoms with Gasteiger partial charge in [-0.3, -0.25) is 4.79 Å². The van der Waals surface area contributed by atoms with Crippen LogP contribution in [0.5, 0.6) is 5.75 Å². The number of amides is 1. The highest BCUT2D eigenvalue weighted by atomic mass is 19.1. The summed E-state index contributed by atoms with van der Waals surface area (Å²) in [5.74, 6) is 1.36. The van der Waals surface area contributed by atoms with E-state index in [0.717, 1.165) is 34.1 Å². The van der Waals surface area contributed by atoms with Crippen LogP contribution in [0.4, 0.5) is 15.9 Å². The van der Waals surface area contributed by atoms with E-state index < -0.39 is 0 Å². The van der Waals surface area contributed by atoms with Crippen LogP contribution in [0, 0.1) is 5.82 Å². The van der Waals surface area contributed by atoms with Crippen molar-refractivity contribution in [1.29, 1.82) is 0 Å². The van der Waals surface area contributed by atoms with Crippen molar-refractivity contribution in [3.05, 3.63) is 119 Å². The largest absolute Gasteiger partial charge is 0.489 e. The zero-order valence-electron chi connectivity index (χ0n) is 21.8. The van der Waals surface area contributed by atoms with Gasteiger partial charge < -0.3 is 19.9 Å². The quantitative estimate of drug-likeness (QED) is 0.375. The number of halogens is 1. The van der Waals surface area contributed by atoms with Crippen LogP contribution in [0.2, 0.25) is 0 Å². The lowest BCUT2D eigenvalue weighted by atomic mass is 9.94. The number of piperazine rings is 1. The zero-order chi connectivity index (χ0) is 26.8. The highest BCUT2D eigenvalue weighted by Crippen LogP contribution is 2.37. The first-order valence-electron chi connectivity index (χ1n) is 13.1. The molecule has 1 unspecified atom stereocenters. The Bertz CT molecular complexity index is 1470. The third kappa shape index (κ3) is 5.10. The number of nitrogens with zero attached hydrogens (tertiary/aromatic N) is 4. The predicted molar refractivity (Wildman–Crippen MR) is 149 cm³/mol. The molecule has 1 N–H and O–H groups in total. The fourth-order valence-electron chi connectivity index (χ4n) is 5.27. The van der Waals surface area contributed by atoms with Crippen LogP contribution in [-0.2, 0) is 11.4 Å². The van der Waals surface area contributed by atoms with Crippen LogP contribution in [0.25, 0.3) is 0 Å². The second kappa shape index (κ2) is 10.6. The number of benzene rings is 3. The molecule has 6 rings (SSSR count). The molecule has 0 radical (unpaired) electrons. The third-order valence-corrected chi connectivity index (χ3v) is 7.34. The van der Waals surface area contributed by atoms with E-state index in [1.165, 1.54) is 12.1 Å². The molecular weight excluding hydrogens is 493 g/mol. The normalized spacial score (nSPS) is 17.0. The summed E-state index contributed by atoms with van der Waals surface area (Å²) in [6.07, 6.45) is 1.74. The minimum atomic E-state index is -0.359. The van der Waals surface area contributed by atoms with E-state index in [1.54, 1.807) is 18.3 Å². The minimum absolute atomic E-state index is 0.00527. The molecule has 7 nitrogen and oxygen atoms in total. The molecule has 2 aliphatic rings. The Morgan fingerprint density at radius 3 is 2.38 bits per heavy atom. The SMILES string of the molecule is CC1=C(C(=O)N2CCN(c3ccc(F)cc3)CC2)C(c2ccc(OCc3ccccc3)cc2)n2nccc2N1. The average Bonchev–Trinajstić information content (AvgIpc) is 3.44. The lowest BCUT2D eigenvalue weighted by molar-refractivity contribution is -0.128. The molecule has 1 atom stereocenters. The Hall–Kier alpha value is -4.59. The number of fused-ring (bicyclic) bond motifs is 1. The smallest absolute Gasteiger partial charge is 0.254 e. The van der Waals surface area contributed by atoms with Gasteiger partial charge in [0.1, 0.15) is 30.0 Å². The van der Waals surface area contributed by atoms with Crippen molar-refractivity contribution in [3.63, 3.8) is 0 Å². The van der Waals surface area contributed by atoms with Gasteiger partial charge in [-0.05, 0) is 54.4 Å². The van der Waals surface area contributed by atoms with Gasteiger partial charge in [0.2, 0.25) is 0 Å². The van der Waals surface area contributed by atoms with Gasteiger partial charge in [-0.25, -0.2) is 9.07 Å². The summed E-state index contributed by atoms with van der Waals surface area (Å²) in [5, 5.41) is 7.92. The molecule has 1 saturated heterocycles. The molecule has 198 valence electrons. The molecule has 1 amide bonds. The summed E-state index contributed by atoms with van der Waals surface area (Å²) in [6, 6.07) is 26.0. The lowest BCUT2D eigenvalue weighted by Crippen LogP contribution is -2.50. The molecule has 0 aliphatic carbocycles. The number of ether oxygens (including phenoxy) is 1. The maximum atomic E-state index is 14.0. The van der Waals surface area contributed by atoms with Crippen molar-refractivity contribution in [2.45, 2.75) is 19.6 Å². The molecular formula is C31H30FN5O2. The first-order valence-corrected chi connectivity index (χ1v) is 13.1. The Balaban J connectivity index is 1.21. The lowest BCUT2D eigenvalue weighted by Gasteiger charge is -2.38. The average molecular weight is 524 g/mol. The summed E-state index contributed by atoms with van der Waals surface area (Å²) < 4.78 is 21.2. The molecule has 0 saturated carbocycles.